The van der Waals surface area contributed by atoms with Gasteiger partial charge in [0.1, 0.15) is 18.3 Å². The van der Waals surface area contributed by atoms with Crippen molar-refractivity contribution in [2.75, 3.05) is 11.5 Å². The number of amides is 1. The number of nitrogens with zero attached hydrogens (tertiary/aromatic N) is 1. The summed E-state index contributed by atoms with van der Waals surface area (Å²) in [5.41, 5.74) is 0.370. The Balaban J connectivity index is 2.02. The Hall–Kier alpha value is -1.51. The second-order valence-corrected chi connectivity index (χ2v) is 5.33. The highest BCUT2D eigenvalue weighted by Crippen LogP contribution is 2.36. The molecule has 0 saturated carbocycles. The van der Waals surface area contributed by atoms with Gasteiger partial charge < -0.3 is 20.1 Å². The van der Waals surface area contributed by atoms with Crippen LogP contribution in [-0.2, 0) is 9.53 Å². The highest BCUT2D eigenvalue weighted by atomic mass is 35.5. The fraction of sp³-hybridized carbons (Fsp3) is 0.385. The molecule has 21 heavy (non-hydrogen) atoms. The smallest absolute Gasteiger partial charge is 0.301 e. The topological polar surface area (TPSA) is 107 Å². The van der Waals surface area contributed by atoms with E-state index in [0.717, 1.165) is 4.90 Å². The maximum absolute atomic E-state index is 12.1. The third-order valence-electron chi connectivity index (χ3n) is 3.65. The molecule has 112 valence electrons. The summed E-state index contributed by atoms with van der Waals surface area (Å²) in [6.45, 7) is -0.521. The van der Waals surface area contributed by atoms with E-state index < -0.39 is 42.8 Å². The fourth-order valence-electron chi connectivity index (χ4n) is 2.58. The van der Waals surface area contributed by atoms with Crippen LogP contribution < -0.4 is 4.90 Å². The molecule has 0 spiro atoms. The summed E-state index contributed by atoms with van der Waals surface area (Å²) in [4.78, 5) is 25.0. The predicted octanol–water partition coefficient (Wildman–Crippen LogP) is -0.692. The zero-order valence-corrected chi connectivity index (χ0v) is 11.4. The summed E-state index contributed by atoms with van der Waals surface area (Å²) in [7, 11) is 0. The van der Waals surface area contributed by atoms with Crippen LogP contribution in [0.25, 0.3) is 0 Å². The van der Waals surface area contributed by atoms with E-state index in [1.165, 1.54) is 18.2 Å². The molecule has 0 radical (unpaired) electrons. The molecule has 0 aromatic heterocycles. The van der Waals surface area contributed by atoms with Crippen molar-refractivity contribution in [3.8, 4) is 0 Å². The molecular formula is C13H12ClNO6. The molecule has 1 amide bonds. The number of aliphatic hydroxyl groups excluding tert-OH is 3. The van der Waals surface area contributed by atoms with Gasteiger partial charge in [-0.1, -0.05) is 11.6 Å². The van der Waals surface area contributed by atoms with Gasteiger partial charge in [0.2, 0.25) is 0 Å². The third kappa shape index (κ3) is 2.05. The normalized spacial score (nSPS) is 31.9. The molecular weight excluding hydrogens is 302 g/mol. The van der Waals surface area contributed by atoms with Crippen molar-refractivity contribution in [3.63, 3.8) is 0 Å². The Bertz CT molecular complexity index is 621. The zero-order valence-electron chi connectivity index (χ0n) is 10.6. The summed E-state index contributed by atoms with van der Waals surface area (Å²) in [5.74, 6) is -1.61. The number of aliphatic hydroxyl groups is 3. The minimum absolute atomic E-state index is 0.155. The number of benzene rings is 1. The molecule has 2 heterocycles. The number of hydrogen-bond acceptors (Lipinski definition) is 6. The average molecular weight is 314 g/mol. The minimum Gasteiger partial charge on any atom is -0.394 e. The Kier molecular flexibility index (Phi) is 3.46. The van der Waals surface area contributed by atoms with Crippen LogP contribution >= 0.6 is 11.6 Å². The van der Waals surface area contributed by atoms with Gasteiger partial charge >= 0.3 is 5.91 Å². The van der Waals surface area contributed by atoms with Crippen LogP contribution in [0.5, 0.6) is 0 Å². The summed E-state index contributed by atoms with van der Waals surface area (Å²) in [6, 6.07) is 4.31. The molecule has 1 fully saturated rings. The van der Waals surface area contributed by atoms with Crippen LogP contribution in [0.3, 0.4) is 0 Å². The number of carbonyl (C=O) groups excluding carboxylic acids is 2. The van der Waals surface area contributed by atoms with E-state index in [1.54, 1.807) is 0 Å². The quantitative estimate of drug-likeness (QED) is 0.624. The van der Waals surface area contributed by atoms with Gasteiger partial charge in [-0.25, -0.2) is 0 Å². The summed E-state index contributed by atoms with van der Waals surface area (Å²) in [6.07, 6.45) is -5.08. The summed E-state index contributed by atoms with van der Waals surface area (Å²) in [5, 5.41) is 29.2. The van der Waals surface area contributed by atoms with Crippen molar-refractivity contribution in [1.29, 1.82) is 0 Å². The highest BCUT2D eigenvalue weighted by molar-refractivity contribution is 6.52. The lowest BCUT2D eigenvalue weighted by molar-refractivity contribution is -0.118. The summed E-state index contributed by atoms with van der Waals surface area (Å²) >= 11 is 5.87. The molecule has 2 aliphatic heterocycles. The molecule has 1 aromatic rings. The fourth-order valence-corrected chi connectivity index (χ4v) is 2.74. The lowest BCUT2D eigenvalue weighted by atomic mass is 10.1. The van der Waals surface area contributed by atoms with Crippen LogP contribution in [0.2, 0.25) is 5.02 Å². The number of hydrogen-bond donors (Lipinski definition) is 3. The Labute approximate surface area is 124 Å². The van der Waals surface area contributed by atoms with Crippen LogP contribution in [-0.4, -0.2) is 58.2 Å². The molecule has 1 aromatic carbocycles. The number of Topliss-reactive ketones (excluding diaryl/α,β-unsaturated/α-hetero) is 1. The van der Waals surface area contributed by atoms with Gasteiger partial charge in [-0.05, 0) is 18.2 Å². The van der Waals surface area contributed by atoms with E-state index in [2.05, 4.69) is 0 Å². The lowest BCUT2D eigenvalue weighted by Gasteiger charge is -2.26. The standard InChI is InChI=1S/C13H12ClNO6/c14-5-1-2-6-7(3-5)15(12(20)9(6)17)13-11(19)10(18)8(4-16)21-13/h1-3,8,10-11,13,16,18-19H,4H2/t8-,10-,11-,13-/m1/s1. The molecule has 0 aliphatic carbocycles. The number of ketones is 1. The number of fused-ring (bicyclic) bond motifs is 1. The number of carbonyl (C=O) groups is 2. The van der Waals surface area contributed by atoms with Gasteiger partial charge in [0.15, 0.2) is 6.23 Å². The number of rotatable bonds is 2. The van der Waals surface area contributed by atoms with E-state index in [1.807, 2.05) is 0 Å². The van der Waals surface area contributed by atoms with E-state index in [4.69, 9.17) is 21.4 Å². The van der Waals surface area contributed by atoms with Crippen LogP contribution in [0.4, 0.5) is 5.69 Å². The molecule has 8 heteroatoms. The largest absolute Gasteiger partial charge is 0.394 e. The van der Waals surface area contributed by atoms with Crippen molar-refractivity contribution < 1.29 is 29.6 Å². The molecule has 0 bridgehead atoms. The first kappa shape index (κ1) is 14.4. The number of ether oxygens (including phenoxy) is 1. The van der Waals surface area contributed by atoms with Gasteiger partial charge in [0.05, 0.1) is 17.9 Å². The first-order valence-corrected chi connectivity index (χ1v) is 6.63. The van der Waals surface area contributed by atoms with Crippen molar-refractivity contribution >= 4 is 29.0 Å². The Morgan fingerprint density at radius 1 is 1.24 bits per heavy atom. The van der Waals surface area contributed by atoms with Crippen molar-refractivity contribution in [3.05, 3.63) is 28.8 Å². The predicted molar refractivity (Wildman–Crippen MR) is 71.0 cm³/mol. The van der Waals surface area contributed by atoms with Gasteiger partial charge in [-0.3, -0.25) is 14.5 Å². The van der Waals surface area contributed by atoms with E-state index >= 15 is 0 Å². The highest BCUT2D eigenvalue weighted by Gasteiger charge is 2.51. The molecule has 7 nitrogen and oxygen atoms in total. The van der Waals surface area contributed by atoms with Crippen molar-refractivity contribution in [1.82, 2.24) is 0 Å². The van der Waals surface area contributed by atoms with Crippen molar-refractivity contribution in [2.45, 2.75) is 24.5 Å². The molecule has 2 aliphatic rings. The second-order valence-electron chi connectivity index (χ2n) is 4.89. The van der Waals surface area contributed by atoms with Crippen LogP contribution in [0.15, 0.2) is 18.2 Å². The molecule has 3 rings (SSSR count). The first-order valence-electron chi connectivity index (χ1n) is 6.25. The van der Waals surface area contributed by atoms with E-state index in [-0.39, 0.29) is 11.3 Å². The SMILES string of the molecule is O=C1C(=O)N([C@@H]2O[C@H](CO)[C@@H](O)[C@H]2O)c2cc(Cl)ccc21. The third-order valence-corrected chi connectivity index (χ3v) is 3.88. The van der Waals surface area contributed by atoms with Crippen molar-refractivity contribution in [2.24, 2.45) is 0 Å². The lowest BCUT2D eigenvalue weighted by Crippen LogP contribution is -2.47. The monoisotopic (exact) mass is 313 g/mol. The van der Waals surface area contributed by atoms with Crippen LogP contribution in [0.1, 0.15) is 10.4 Å². The molecule has 4 atom stereocenters. The second kappa shape index (κ2) is 5.04. The maximum Gasteiger partial charge on any atom is 0.301 e. The average Bonchev–Trinajstić information content (AvgIpc) is 2.87. The molecule has 1 saturated heterocycles. The van der Waals surface area contributed by atoms with E-state index in [9.17, 15) is 19.8 Å². The molecule has 3 N–H and O–H groups in total. The minimum atomic E-state index is -1.44. The van der Waals surface area contributed by atoms with E-state index in [0.29, 0.717) is 5.02 Å². The number of halogens is 1. The van der Waals surface area contributed by atoms with Crippen LogP contribution in [0, 0.1) is 0 Å². The van der Waals surface area contributed by atoms with Gasteiger partial charge in [-0.15, -0.1) is 0 Å². The van der Waals surface area contributed by atoms with Gasteiger partial charge in [-0.2, -0.15) is 0 Å². The molecule has 0 unspecified atom stereocenters. The van der Waals surface area contributed by atoms with Gasteiger partial charge in [0.25, 0.3) is 5.78 Å². The first-order chi connectivity index (χ1) is 9.95. The van der Waals surface area contributed by atoms with Gasteiger partial charge in [0, 0.05) is 5.02 Å². The summed E-state index contributed by atoms with van der Waals surface area (Å²) < 4.78 is 5.29. The zero-order chi connectivity index (χ0) is 15.3. The maximum atomic E-state index is 12.1. The Morgan fingerprint density at radius 3 is 2.57 bits per heavy atom. The Morgan fingerprint density at radius 2 is 1.95 bits per heavy atom. The number of anilines is 1.